The lowest BCUT2D eigenvalue weighted by Crippen LogP contribution is -2.31. The third kappa shape index (κ3) is 2.69. The van der Waals surface area contributed by atoms with E-state index in [-0.39, 0.29) is 0 Å². The van der Waals surface area contributed by atoms with Gasteiger partial charge in [0, 0.05) is 30.6 Å². The van der Waals surface area contributed by atoms with Crippen molar-refractivity contribution in [3.8, 4) is 6.07 Å². The average molecular weight is 257 g/mol. The number of aromatic nitrogens is 1. The molecule has 18 heavy (non-hydrogen) atoms. The van der Waals surface area contributed by atoms with Crippen LogP contribution >= 0.6 is 11.3 Å². The Bertz CT molecular complexity index is 542. The summed E-state index contributed by atoms with van der Waals surface area (Å²) in [5, 5.41) is 11.2. The van der Waals surface area contributed by atoms with E-state index in [0.717, 1.165) is 12.2 Å². The standard InChI is InChI=1S/C14H15N3S/c1-11(9-13-6-4-8-18-13)17(2)14-12(10-15)5-3-7-16-14/h3-8,11H,9H2,1-2H3. The van der Waals surface area contributed by atoms with Crippen molar-refractivity contribution in [2.75, 3.05) is 11.9 Å². The van der Waals surface area contributed by atoms with Crippen LogP contribution in [0.5, 0.6) is 0 Å². The maximum absolute atomic E-state index is 9.09. The summed E-state index contributed by atoms with van der Waals surface area (Å²) in [6, 6.07) is 10.3. The van der Waals surface area contributed by atoms with Crippen molar-refractivity contribution in [3.05, 3.63) is 46.3 Å². The molecular formula is C14H15N3S. The summed E-state index contributed by atoms with van der Waals surface area (Å²) in [5.41, 5.74) is 0.623. The Morgan fingerprint density at radius 1 is 1.44 bits per heavy atom. The van der Waals surface area contributed by atoms with E-state index >= 15 is 0 Å². The van der Waals surface area contributed by atoms with Crippen molar-refractivity contribution in [1.29, 1.82) is 5.26 Å². The molecule has 4 heteroatoms. The number of nitriles is 1. The molecule has 1 unspecified atom stereocenters. The van der Waals surface area contributed by atoms with Gasteiger partial charge in [-0.2, -0.15) is 5.26 Å². The minimum Gasteiger partial charge on any atom is -0.356 e. The molecule has 0 bridgehead atoms. The molecule has 0 fully saturated rings. The number of hydrogen-bond acceptors (Lipinski definition) is 4. The van der Waals surface area contributed by atoms with Gasteiger partial charge in [0.2, 0.25) is 0 Å². The first-order valence-corrected chi connectivity index (χ1v) is 6.70. The van der Waals surface area contributed by atoms with E-state index in [0.29, 0.717) is 11.6 Å². The lowest BCUT2D eigenvalue weighted by Gasteiger charge is -2.26. The number of nitrogens with zero attached hydrogens (tertiary/aromatic N) is 3. The zero-order valence-electron chi connectivity index (χ0n) is 10.5. The summed E-state index contributed by atoms with van der Waals surface area (Å²) in [7, 11) is 1.99. The van der Waals surface area contributed by atoms with Crippen LogP contribution in [0.4, 0.5) is 5.82 Å². The SMILES string of the molecule is CC(Cc1cccs1)N(C)c1ncccc1C#N. The molecular weight excluding hydrogens is 242 g/mol. The molecule has 2 rings (SSSR count). The number of rotatable bonds is 4. The van der Waals surface area contributed by atoms with Gasteiger partial charge in [-0.15, -0.1) is 11.3 Å². The monoisotopic (exact) mass is 257 g/mol. The minimum atomic E-state index is 0.311. The summed E-state index contributed by atoms with van der Waals surface area (Å²) in [5.74, 6) is 0.754. The molecule has 0 saturated heterocycles. The Balaban J connectivity index is 2.15. The molecule has 2 aromatic rings. The van der Waals surface area contributed by atoms with Crippen LogP contribution in [0.25, 0.3) is 0 Å². The highest BCUT2D eigenvalue weighted by Gasteiger charge is 2.15. The first-order chi connectivity index (χ1) is 8.72. The Hall–Kier alpha value is -1.86. The molecule has 0 spiro atoms. The van der Waals surface area contributed by atoms with Gasteiger partial charge in [-0.25, -0.2) is 4.98 Å². The van der Waals surface area contributed by atoms with Crippen molar-refractivity contribution in [2.45, 2.75) is 19.4 Å². The normalized spacial score (nSPS) is 11.8. The second kappa shape index (κ2) is 5.65. The Kier molecular flexibility index (Phi) is 3.96. The van der Waals surface area contributed by atoms with Crippen molar-refractivity contribution in [2.24, 2.45) is 0 Å². The van der Waals surface area contributed by atoms with Crippen LogP contribution in [0.2, 0.25) is 0 Å². The van der Waals surface area contributed by atoms with Crippen LogP contribution in [0, 0.1) is 11.3 Å². The van der Waals surface area contributed by atoms with Crippen LogP contribution < -0.4 is 4.90 Å². The summed E-state index contributed by atoms with van der Waals surface area (Å²) in [6.45, 7) is 2.15. The number of anilines is 1. The van der Waals surface area contributed by atoms with Gasteiger partial charge in [0.1, 0.15) is 11.9 Å². The lowest BCUT2D eigenvalue weighted by atomic mass is 10.1. The van der Waals surface area contributed by atoms with Gasteiger partial charge in [-0.05, 0) is 30.5 Å². The maximum atomic E-state index is 9.09. The second-order valence-corrected chi connectivity index (χ2v) is 5.26. The molecule has 0 aliphatic heterocycles. The Morgan fingerprint density at radius 3 is 2.94 bits per heavy atom. The first kappa shape index (κ1) is 12.6. The van der Waals surface area contributed by atoms with E-state index in [4.69, 9.17) is 5.26 Å². The van der Waals surface area contributed by atoms with E-state index in [1.54, 1.807) is 29.7 Å². The van der Waals surface area contributed by atoms with Crippen molar-refractivity contribution >= 4 is 17.2 Å². The maximum Gasteiger partial charge on any atom is 0.146 e. The van der Waals surface area contributed by atoms with Gasteiger partial charge in [0.05, 0.1) is 5.56 Å². The fraction of sp³-hybridized carbons (Fsp3) is 0.286. The largest absolute Gasteiger partial charge is 0.356 e. The molecule has 0 N–H and O–H groups in total. The third-order valence-electron chi connectivity index (χ3n) is 2.98. The van der Waals surface area contributed by atoms with Crippen LogP contribution in [0.15, 0.2) is 35.8 Å². The van der Waals surface area contributed by atoms with Gasteiger partial charge in [-0.3, -0.25) is 0 Å². The van der Waals surface area contributed by atoms with Crippen LogP contribution in [0.3, 0.4) is 0 Å². The third-order valence-corrected chi connectivity index (χ3v) is 3.88. The lowest BCUT2D eigenvalue weighted by molar-refractivity contribution is 0.679. The molecule has 2 heterocycles. The van der Waals surface area contributed by atoms with Gasteiger partial charge < -0.3 is 4.90 Å². The highest BCUT2D eigenvalue weighted by molar-refractivity contribution is 7.09. The molecule has 2 aromatic heterocycles. The smallest absolute Gasteiger partial charge is 0.146 e. The fourth-order valence-corrected chi connectivity index (χ4v) is 2.66. The number of likely N-dealkylation sites (N-methyl/N-ethyl adjacent to an activating group) is 1. The fourth-order valence-electron chi connectivity index (χ4n) is 1.83. The zero-order chi connectivity index (χ0) is 13.0. The van der Waals surface area contributed by atoms with E-state index < -0.39 is 0 Å². The Labute approximate surface area is 111 Å². The van der Waals surface area contributed by atoms with E-state index in [9.17, 15) is 0 Å². The Morgan fingerprint density at radius 2 is 2.28 bits per heavy atom. The van der Waals surface area contributed by atoms with Crippen LogP contribution in [-0.2, 0) is 6.42 Å². The van der Waals surface area contributed by atoms with Gasteiger partial charge >= 0.3 is 0 Å². The summed E-state index contributed by atoms with van der Waals surface area (Å²) in [6.07, 6.45) is 2.69. The molecule has 92 valence electrons. The zero-order valence-corrected chi connectivity index (χ0v) is 11.3. The van der Waals surface area contributed by atoms with Gasteiger partial charge in [-0.1, -0.05) is 6.07 Å². The molecule has 0 amide bonds. The average Bonchev–Trinajstić information content (AvgIpc) is 2.90. The van der Waals surface area contributed by atoms with Gasteiger partial charge in [0.15, 0.2) is 0 Å². The summed E-state index contributed by atoms with van der Waals surface area (Å²) in [4.78, 5) is 7.73. The number of hydrogen-bond donors (Lipinski definition) is 0. The predicted octanol–water partition coefficient (Wildman–Crippen LogP) is 3.08. The van der Waals surface area contributed by atoms with E-state index in [2.05, 4.69) is 40.4 Å². The molecule has 0 radical (unpaired) electrons. The van der Waals surface area contributed by atoms with Crippen LogP contribution in [0.1, 0.15) is 17.4 Å². The van der Waals surface area contributed by atoms with Gasteiger partial charge in [0.25, 0.3) is 0 Å². The molecule has 0 aromatic carbocycles. The molecule has 3 nitrogen and oxygen atoms in total. The topological polar surface area (TPSA) is 39.9 Å². The molecule has 0 aliphatic carbocycles. The second-order valence-electron chi connectivity index (χ2n) is 4.23. The van der Waals surface area contributed by atoms with Crippen molar-refractivity contribution in [1.82, 2.24) is 4.98 Å². The van der Waals surface area contributed by atoms with Crippen LogP contribution in [-0.4, -0.2) is 18.1 Å². The number of pyridine rings is 1. The molecule has 1 atom stereocenters. The summed E-state index contributed by atoms with van der Waals surface area (Å²) >= 11 is 1.76. The number of thiophene rings is 1. The quantitative estimate of drug-likeness (QED) is 0.845. The van der Waals surface area contributed by atoms with E-state index in [1.165, 1.54) is 4.88 Å². The summed E-state index contributed by atoms with van der Waals surface area (Å²) < 4.78 is 0. The molecule has 0 aliphatic rings. The predicted molar refractivity (Wildman–Crippen MR) is 74.8 cm³/mol. The molecule has 0 saturated carbocycles. The van der Waals surface area contributed by atoms with Crippen molar-refractivity contribution in [3.63, 3.8) is 0 Å². The highest BCUT2D eigenvalue weighted by Crippen LogP contribution is 2.20. The van der Waals surface area contributed by atoms with Crippen molar-refractivity contribution < 1.29 is 0 Å². The first-order valence-electron chi connectivity index (χ1n) is 5.82. The highest BCUT2D eigenvalue weighted by atomic mass is 32.1. The minimum absolute atomic E-state index is 0.311. The van der Waals surface area contributed by atoms with E-state index in [1.807, 2.05) is 7.05 Å².